The van der Waals surface area contributed by atoms with Crippen LogP contribution in [0, 0.1) is 5.82 Å². The van der Waals surface area contributed by atoms with Gasteiger partial charge in [-0.1, -0.05) is 30.0 Å². The van der Waals surface area contributed by atoms with E-state index in [4.69, 9.17) is 0 Å². The number of hydrogen-bond donors (Lipinski definition) is 1. The molecule has 0 aliphatic carbocycles. The molecule has 0 aliphatic heterocycles. The number of esters is 1. The molecule has 1 amide bonds. The molecule has 2 aromatic carbocycles. The van der Waals surface area contributed by atoms with Gasteiger partial charge in [0.15, 0.2) is 5.16 Å². The second kappa shape index (κ2) is 8.66. The SMILES string of the molecule is COC(=O)Cn1c(SCC(=O)Nc2cccc(F)c2)nc2ccccc2c1=O. The Hall–Kier alpha value is -3.20. The lowest BCUT2D eigenvalue weighted by atomic mass is 10.2. The van der Waals surface area contributed by atoms with Crippen molar-refractivity contribution in [2.24, 2.45) is 0 Å². The van der Waals surface area contributed by atoms with E-state index in [-0.39, 0.29) is 17.5 Å². The molecule has 0 unspecified atom stereocenters. The Kier molecular flexibility index (Phi) is 6.05. The van der Waals surface area contributed by atoms with Crippen LogP contribution >= 0.6 is 11.8 Å². The zero-order chi connectivity index (χ0) is 20.1. The number of fused-ring (bicyclic) bond motifs is 1. The molecule has 0 fully saturated rings. The lowest BCUT2D eigenvalue weighted by molar-refractivity contribution is -0.141. The third kappa shape index (κ3) is 4.55. The topological polar surface area (TPSA) is 90.3 Å². The number of halogens is 1. The van der Waals surface area contributed by atoms with E-state index in [9.17, 15) is 18.8 Å². The number of ether oxygens (including phenoxy) is 1. The van der Waals surface area contributed by atoms with Crippen molar-refractivity contribution in [1.82, 2.24) is 9.55 Å². The summed E-state index contributed by atoms with van der Waals surface area (Å²) in [5, 5.41) is 3.14. The van der Waals surface area contributed by atoms with Crippen molar-refractivity contribution in [2.75, 3.05) is 18.2 Å². The van der Waals surface area contributed by atoms with Crippen LogP contribution in [0.1, 0.15) is 0 Å². The molecule has 0 bridgehead atoms. The molecule has 0 saturated carbocycles. The van der Waals surface area contributed by atoms with Crippen LogP contribution in [0.4, 0.5) is 10.1 Å². The van der Waals surface area contributed by atoms with E-state index < -0.39 is 23.3 Å². The Labute approximate surface area is 163 Å². The molecule has 1 N–H and O–H groups in total. The molecule has 0 atom stereocenters. The fraction of sp³-hybridized carbons (Fsp3) is 0.158. The van der Waals surface area contributed by atoms with E-state index in [1.54, 1.807) is 30.3 Å². The van der Waals surface area contributed by atoms with Crippen molar-refractivity contribution in [3.05, 3.63) is 64.7 Å². The fourth-order valence-electron chi connectivity index (χ4n) is 2.48. The van der Waals surface area contributed by atoms with Gasteiger partial charge in [0.2, 0.25) is 5.91 Å². The Morgan fingerprint density at radius 2 is 2.00 bits per heavy atom. The van der Waals surface area contributed by atoms with Gasteiger partial charge in [-0.2, -0.15) is 0 Å². The summed E-state index contributed by atoms with van der Waals surface area (Å²) in [6.45, 7) is -0.318. The largest absolute Gasteiger partial charge is 0.468 e. The van der Waals surface area contributed by atoms with Gasteiger partial charge in [-0.05, 0) is 30.3 Å². The number of nitrogens with one attached hydrogen (secondary N) is 1. The molecule has 28 heavy (non-hydrogen) atoms. The predicted molar refractivity (Wildman–Crippen MR) is 104 cm³/mol. The summed E-state index contributed by atoms with van der Waals surface area (Å²) in [6, 6.07) is 12.3. The average Bonchev–Trinajstić information content (AvgIpc) is 2.68. The second-order valence-electron chi connectivity index (χ2n) is 5.73. The molecule has 1 aromatic heterocycles. The van der Waals surface area contributed by atoms with Crippen LogP contribution in [0.15, 0.2) is 58.5 Å². The lowest BCUT2D eigenvalue weighted by Gasteiger charge is -2.12. The first-order valence-electron chi connectivity index (χ1n) is 8.22. The minimum absolute atomic E-state index is 0.0809. The van der Waals surface area contributed by atoms with Crippen LogP contribution in [0.2, 0.25) is 0 Å². The average molecular weight is 401 g/mol. The summed E-state index contributed by atoms with van der Waals surface area (Å²) >= 11 is 0.998. The van der Waals surface area contributed by atoms with E-state index in [0.29, 0.717) is 16.6 Å². The first-order chi connectivity index (χ1) is 13.5. The van der Waals surface area contributed by atoms with Crippen molar-refractivity contribution in [2.45, 2.75) is 11.7 Å². The fourth-order valence-corrected chi connectivity index (χ4v) is 3.28. The van der Waals surface area contributed by atoms with Crippen LogP contribution in [-0.4, -0.2) is 34.3 Å². The molecule has 3 aromatic rings. The number of para-hydroxylation sites is 1. The standard InChI is InChI=1S/C19H16FN3O4S/c1-27-17(25)10-23-18(26)14-7-2-3-8-15(14)22-19(23)28-11-16(24)21-13-6-4-5-12(20)9-13/h2-9H,10-11H2,1H3,(H,21,24). The Balaban J connectivity index is 1.84. The van der Waals surface area contributed by atoms with Crippen molar-refractivity contribution >= 4 is 40.2 Å². The number of carbonyl (C=O) groups excluding carboxylic acids is 2. The number of nitrogens with zero attached hydrogens (tertiary/aromatic N) is 2. The molecule has 0 aliphatic rings. The van der Waals surface area contributed by atoms with Gasteiger partial charge in [0.25, 0.3) is 5.56 Å². The molecular weight excluding hydrogens is 385 g/mol. The lowest BCUT2D eigenvalue weighted by Crippen LogP contribution is -2.28. The molecule has 1 heterocycles. The van der Waals surface area contributed by atoms with E-state index in [0.717, 1.165) is 11.8 Å². The number of carbonyl (C=O) groups is 2. The number of hydrogen-bond acceptors (Lipinski definition) is 6. The van der Waals surface area contributed by atoms with Gasteiger partial charge in [0.05, 0.1) is 23.8 Å². The first kappa shape index (κ1) is 19.6. The quantitative estimate of drug-likeness (QED) is 0.388. The van der Waals surface area contributed by atoms with Gasteiger partial charge in [-0.15, -0.1) is 0 Å². The smallest absolute Gasteiger partial charge is 0.325 e. The first-order valence-corrected chi connectivity index (χ1v) is 9.21. The van der Waals surface area contributed by atoms with E-state index >= 15 is 0 Å². The maximum atomic E-state index is 13.2. The molecular formula is C19H16FN3O4S. The Morgan fingerprint density at radius 1 is 1.21 bits per heavy atom. The van der Waals surface area contributed by atoms with Crippen LogP contribution in [0.3, 0.4) is 0 Å². The highest BCUT2D eigenvalue weighted by molar-refractivity contribution is 7.99. The van der Waals surface area contributed by atoms with Gasteiger partial charge in [-0.3, -0.25) is 19.0 Å². The van der Waals surface area contributed by atoms with Crippen molar-refractivity contribution < 1.29 is 18.7 Å². The van der Waals surface area contributed by atoms with Gasteiger partial charge in [-0.25, -0.2) is 9.37 Å². The normalized spacial score (nSPS) is 10.6. The van der Waals surface area contributed by atoms with E-state index in [1.165, 1.54) is 29.9 Å². The highest BCUT2D eigenvalue weighted by Gasteiger charge is 2.16. The third-order valence-electron chi connectivity index (χ3n) is 3.78. The molecule has 3 rings (SSSR count). The van der Waals surface area contributed by atoms with Crippen LogP contribution in [0.25, 0.3) is 10.9 Å². The molecule has 144 valence electrons. The molecule has 7 nitrogen and oxygen atoms in total. The third-order valence-corrected chi connectivity index (χ3v) is 4.76. The van der Waals surface area contributed by atoms with Gasteiger partial charge in [0, 0.05) is 5.69 Å². The number of benzene rings is 2. The maximum Gasteiger partial charge on any atom is 0.325 e. The van der Waals surface area contributed by atoms with Gasteiger partial charge >= 0.3 is 5.97 Å². The van der Waals surface area contributed by atoms with Crippen LogP contribution < -0.4 is 10.9 Å². The zero-order valence-electron chi connectivity index (χ0n) is 14.8. The van der Waals surface area contributed by atoms with E-state index in [1.807, 2.05) is 0 Å². The molecule has 0 radical (unpaired) electrons. The van der Waals surface area contributed by atoms with Crippen LogP contribution in [-0.2, 0) is 20.9 Å². The summed E-state index contributed by atoms with van der Waals surface area (Å²) in [5.74, 6) is -1.55. The predicted octanol–water partition coefficient (Wildman–Crippen LogP) is 2.44. The minimum atomic E-state index is -0.606. The number of thioether (sulfide) groups is 1. The highest BCUT2D eigenvalue weighted by atomic mass is 32.2. The Morgan fingerprint density at radius 3 is 2.75 bits per heavy atom. The summed E-state index contributed by atoms with van der Waals surface area (Å²) < 4.78 is 19.0. The van der Waals surface area contributed by atoms with Crippen LogP contribution in [0.5, 0.6) is 0 Å². The van der Waals surface area contributed by atoms with Gasteiger partial charge in [0.1, 0.15) is 12.4 Å². The number of amides is 1. The highest BCUT2D eigenvalue weighted by Crippen LogP contribution is 2.18. The molecule has 0 spiro atoms. The number of rotatable bonds is 6. The summed E-state index contributed by atoms with van der Waals surface area (Å²) in [7, 11) is 1.22. The van der Waals surface area contributed by atoms with Gasteiger partial charge < -0.3 is 10.1 Å². The van der Waals surface area contributed by atoms with Crippen molar-refractivity contribution in [3.8, 4) is 0 Å². The van der Waals surface area contributed by atoms with Crippen molar-refractivity contribution in [3.63, 3.8) is 0 Å². The maximum absolute atomic E-state index is 13.2. The van der Waals surface area contributed by atoms with Crippen molar-refractivity contribution in [1.29, 1.82) is 0 Å². The van der Waals surface area contributed by atoms with E-state index in [2.05, 4.69) is 15.0 Å². The summed E-state index contributed by atoms with van der Waals surface area (Å²) in [5.41, 5.74) is 0.384. The molecule has 9 heteroatoms. The second-order valence-corrected chi connectivity index (χ2v) is 6.67. The monoisotopic (exact) mass is 401 g/mol. The number of methoxy groups -OCH3 is 1. The number of anilines is 1. The summed E-state index contributed by atoms with van der Waals surface area (Å²) in [4.78, 5) is 41.0. The number of aromatic nitrogens is 2. The molecule has 0 saturated heterocycles. The minimum Gasteiger partial charge on any atom is -0.468 e. The Bertz CT molecular complexity index is 1100. The summed E-state index contributed by atoms with van der Waals surface area (Å²) in [6.07, 6.45) is 0. The zero-order valence-corrected chi connectivity index (χ0v) is 15.7.